The molecule has 0 spiro atoms. The average Bonchev–Trinajstić information content (AvgIpc) is 3.09. The summed E-state index contributed by atoms with van der Waals surface area (Å²) in [6.07, 6.45) is 3.27. The first-order chi connectivity index (χ1) is 14.8. The quantitative estimate of drug-likeness (QED) is 0.381. The van der Waals surface area contributed by atoms with Gasteiger partial charge in [-0.2, -0.15) is 0 Å². The maximum Gasteiger partial charge on any atom is 0.277 e. The molecule has 3 heterocycles. The largest absolute Gasteiger partial charge is 0.298 e. The van der Waals surface area contributed by atoms with Gasteiger partial charge in [-0.15, -0.1) is 0 Å². The van der Waals surface area contributed by atoms with Gasteiger partial charge in [0.2, 0.25) is 5.95 Å². The minimum atomic E-state index is -0.821. The first kappa shape index (κ1) is 19.6. The second kappa shape index (κ2) is 7.59. The van der Waals surface area contributed by atoms with Crippen LogP contribution in [-0.4, -0.2) is 35.1 Å². The van der Waals surface area contributed by atoms with Gasteiger partial charge in [-0.05, 0) is 25.1 Å². The van der Waals surface area contributed by atoms with Crippen molar-refractivity contribution in [2.45, 2.75) is 6.92 Å². The van der Waals surface area contributed by atoms with Crippen molar-refractivity contribution in [3.05, 3.63) is 86.3 Å². The van der Waals surface area contributed by atoms with E-state index >= 15 is 0 Å². The van der Waals surface area contributed by atoms with E-state index in [1.165, 1.54) is 6.20 Å². The molecule has 0 aliphatic carbocycles. The summed E-state index contributed by atoms with van der Waals surface area (Å²) in [5.41, 5.74) is 1.23. The van der Waals surface area contributed by atoms with Crippen LogP contribution in [0.1, 0.15) is 16.1 Å². The monoisotopic (exact) mass is 419 g/mol. The fourth-order valence-corrected chi connectivity index (χ4v) is 3.08. The number of nitrogens with zero attached hydrogens (tertiary/aromatic N) is 6. The number of imidazole rings is 1. The topological polar surface area (TPSA) is 158 Å². The summed E-state index contributed by atoms with van der Waals surface area (Å²) in [4.78, 5) is 45.9. The third kappa shape index (κ3) is 3.76. The molecule has 0 fully saturated rings. The fraction of sp³-hybridized carbons (Fsp3) is 0.0526. The summed E-state index contributed by atoms with van der Waals surface area (Å²) in [7, 11) is 0. The summed E-state index contributed by atoms with van der Waals surface area (Å²) in [6.45, 7) is 1.82. The summed E-state index contributed by atoms with van der Waals surface area (Å²) in [5, 5.41) is 24.5. The molecule has 4 aromatic rings. The summed E-state index contributed by atoms with van der Waals surface area (Å²) < 4.78 is 1.84. The van der Waals surface area contributed by atoms with Gasteiger partial charge in [-0.1, -0.05) is 6.07 Å². The Labute approximate surface area is 173 Å². The molecule has 1 aromatic carbocycles. The fourth-order valence-electron chi connectivity index (χ4n) is 3.08. The van der Waals surface area contributed by atoms with Gasteiger partial charge in [0.15, 0.2) is 0 Å². The number of amides is 1. The van der Waals surface area contributed by atoms with Crippen LogP contribution in [0.2, 0.25) is 0 Å². The Bertz CT molecular complexity index is 1330. The van der Waals surface area contributed by atoms with E-state index < -0.39 is 27.1 Å². The molecule has 0 aliphatic rings. The van der Waals surface area contributed by atoms with E-state index in [1.54, 1.807) is 6.07 Å². The number of benzene rings is 1. The van der Waals surface area contributed by atoms with Gasteiger partial charge in [0.1, 0.15) is 5.65 Å². The van der Waals surface area contributed by atoms with Gasteiger partial charge in [0.25, 0.3) is 17.3 Å². The number of non-ortho nitro benzene ring substituents is 2. The number of aromatic nitrogens is 4. The number of anilines is 1. The van der Waals surface area contributed by atoms with E-state index in [2.05, 4.69) is 20.3 Å². The zero-order valence-corrected chi connectivity index (χ0v) is 15.9. The molecule has 0 saturated carbocycles. The predicted octanol–water partition coefficient (Wildman–Crippen LogP) is 3.17. The number of carbonyl (C=O) groups excluding carboxylic acids is 1. The zero-order valence-electron chi connectivity index (χ0n) is 15.9. The second-order valence-corrected chi connectivity index (χ2v) is 6.45. The highest BCUT2D eigenvalue weighted by Gasteiger charge is 2.21. The van der Waals surface area contributed by atoms with Crippen molar-refractivity contribution in [2.24, 2.45) is 0 Å². The molecule has 0 bridgehead atoms. The number of hydrogen-bond acceptors (Lipinski definition) is 8. The highest BCUT2D eigenvalue weighted by atomic mass is 16.6. The molecule has 0 aliphatic heterocycles. The minimum absolute atomic E-state index is 0.0676. The number of rotatable bonds is 5. The molecule has 1 N–H and O–H groups in total. The van der Waals surface area contributed by atoms with Gasteiger partial charge in [-0.25, -0.2) is 15.0 Å². The van der Waals surface area contributed by atoms with Gasteiger partial charge < -0.3 is 0 Å². The van der Waals surface area contributed by atoms with Crippen LogP contribution in [0.5, 0.6) is 0 Å². The molecule has 31 heavy (non-hydrogen) atoms. The number of nitro benzene ring substituents is 2. The summed E-state index contributed by atoms with van der Waals surface area (Å²) in [6, 6.07) is 9.86. The number of nitrogens with one attached hydrogen (secondary N) is 1. The Morgan fingerprint density at radius 1 is 1.03 bits per heavy atom. The van der Waals surface area contributed by atoms with Gasteiger partial charge in [0, 0.05) is 24.5 Å². The Kier molecular flexibility index (Phi) is 4.79. The average molecular weight is 419 g/mol. The molecule has 154 valence electrons. The molecule has 0 unspecified atom stereocenters. The standard InChI is InChI=1S/C19H13N7O5/c1-11-17(24-7-3-2-4-16(24)21-11)15-5-6-20-19(22-15)23-18(27)12-8-13(25(28)29)10-14(9-12)26(30)31/h2-10H,1H3,(H,20,22,23,27). The molecule has 0 radical (unpaired) electrons. The Morgan fingerprint density at radius 3 is 2.42 bits per heavy atom. The van der Waals surface area contributed by atoms with Crippen molar-refractivity contribution in [3.63, 3.8) is 0 Å². The van der Waals surface area contributed by atoms with Crippen molar-refractivity contribution in [1.82, 2.24) is 19.4 Å². The van der Waals surface area contributed by atoms with E-state index in [9.17, 15) is 25.0 Å². The van der Waals surface area contributed by atoms with Crippen molar-refractivity contribution < 1.29 is 14.6 Å². The Morgan fingerprint density at radius 2 is 1.74 bits per heavy atom. The van der Waals surface area contributed by atoms with Crippen LogP contribution in [0, 0.1) is 27.2 Å². The number of hydrogen-bond donors (Lipinski definition) is 1. The van der Waals surface area contributed by atoms with Crippen LogP contribution in [0.25, 0.3) is 17.0 Å². The maximum atomic E-state index is 12.6. The number of nitro groups is 2. The van der Waals surface area contributed by atoms with E-state index in [-0.39, 0.29) is 11.5 Å². The third-order valence-corrected chi connectivity index (χ3v) is 4.41. The molecule has 12 nitrogen and oxygen atoms in total. The van der Waals surface area contributed by atoms with Crippen molar-refractivity contribution >= 4 is 28.9 Å². The van der Waals surface area contributed by atoms with Crippen molar-refractivity contribution in [2.75, 3.05) is 5.32 Å². The van der Waals surface area contributed by atoms with Crippen LogP contribution < -0.4 is 5.32 Å². The molecule has 3 aromatic heterocycles. The zero-order chi connectivity index (χ0) is 22.1. The first-order valence-electron chi connectivity index (χ1n) is 8.86. The summed E-state index contributed by atoms with van der Waals surface area (Å²) >= 11 is 0. The van der Waals surface area contributed by atoms with Crippen molar-refractivity contribution in [3.8, 4) is 11.4 Å². The second-order valence-electron chi connectivity index (χ2n) is 6.45. The molecule has 4 rings (SSSR count). The highest BCUT2D eigenvalue weighted by molar-refractivity contribution is 6.04. The maximum absolute atomic E-state index is 12.6. The van der Waals surface area contributed by atoms with Gasteiger partial charge in [0.05, 0.1) is 38.6 Å². The number of carbonyl (C=O) groups is 1. The lowest BCUT2D eigenvalue weighted by molar-refractivity contribution is -0.394. The Hall–Kier alpha value is -4.74. The predicted molar refractivity (Wildman–Crippen MR) is 109 cm³/mol. The lowest BCUT2D eigenvalue weighted by atomic mass is 10.1. The Balaban J connectivity index is 1.68. The van der Waals surface area contributed by atoms with Gasteiger partial charge >= 0.3 is 0 Å². The van der Waals surface area contributed by atoms with Crippen LogP contribution in [0.4, 0.5) is 17.3 Å². The highest BCUT2D eigenvalue weighted by Crippen LogP contribution is 2.25. The van der Waals surface area contributed by atoms with Crippen LogP contribution in [-0.2, 0) is 0 Å². The number of pyridine rings is 1. The number of fused-ring (bicyclic) bond motifs is 1. The normalized spacial score (nSPS) is 10.7. The molecule has 0 atom stereocenters. The van der Waals surface area contributed by atoms with E-state index in [1.807, 2.05) is 35.7 Å². The van der Waals surface area contributed by atoms with Crippen LogP contribution in [0.3, 0.4) is 0 Å². The van der Waals surface area contributed by atoms with Crippen molar-refractivity contribution in [1.29, 1.82) is 0 Å². The van der Waals surface area contributed by atoms with E-state index in [0.717, 1.165) is 29.5 Å². The molecule has 0 saturated heterocycles. The lowest BCUT2D eigenvalue weighted by Gasteiger charge is -2.07. The molecule has 12 heteroatoms. The smallest absolute Gasteiger partial charge is 0.277 e. The minimum Gasteiger partial charge on any atom is -0.298 e. The first-order valence-corrected chi connectivity index (χ1v) is 8.86. The number of aryl methyl sites for hydroxylation is 1. The molecular weight excluding hydrogens is 406 g/mol. The SMILES string of the molecule is Cc1nc2ccccn2c1-c1ccnc(NC(=O)c2cc([N+](=O)[O-])cc([N+](=O)[O-])c2)n1. The third-order valence-electron chi connectivity index (χ3n) is 4.41. The van der Waals surface area contributed by atoms with E-state index in [4.69, 9.17) is 0 Å². The summed E-state index contributed by atoms with van der Waals surface area (Å²) in [5.74, 6) is -0.888. The molecular formula is C19H13N7O5. The lowest BCUT2D eigenvalue weighted by Crippen LogP contribution is -2.15. The van der Waals surface area contributed by atoms with E-state index in [0.29, 0.717) is 11.4 Å². The molecule has 1 amide bonds. The van der Waals surface area contributed by atoms with Crippen LogP contribution in [0.15, 0.2) is 54.9 Å². The van der Waals surface area contributed by atoms with Crippen LogP contribution >= 0.6 is 0 Å². The van der Waals surface area contributed by atoms with Gasteiger partial charge in [-0.3, -0.25) is 34.7 Å².